The van der Waals surface area contributed by atoms with Gasteiger partial charge in [0.05, 0.1) is 4.47 Å². The minimum Gasteiger partial charge on any atom is -0.488 e. The van der Waals surface area contributed by atoms with Gasteiger partial charge in [-0.3, -0.25) is 4.79 Å². The highest BCUT2D eigenvalue weighted by Crippen LogP contribution is 2.25. The topological polar surface area (TPSA) is 38.3 Å². The summed E-state index contributed by atoms with van der Waals surface area (Å²) < 4.78 is 6.13. The molecule has 1 aromatic carbocycles. The van der Waals surface area contributed by atoms with Crippen LogP contribution in [0.1, 0.15) is 10.4 Å². The Hall–Kier alpha value is -1.55. The third-order valence-electron chi connectivity index (χ3n) is 1.96. The van der Waals surface area contributed by atoms with Crippen LogP contribution in [0, 0.1) is 0 Å². The van der Waals surface area contributed by atoms with Gasteiger partial charge in [0.2, 0.25) is 0 Å². The summed E-state index contributed by atoms with van der Waals surface area (Å²) in [4.78, 5) is 11.6. The molecule has 0 saturated carbocycles. The van der Waals surface area contributed by atoms with E-state index in [-0.39, 0.29) is 5.91 Å². The van der Waals surface area contributed by atoms with Crippen LogP contribution in [-0.4, -0.2) is 19.1 Å². The Labute approximate surface area is 109 Å². The zero-order chi connectivity index (χ0) is 12.7. The summed E-state index contributed by atoms with van der Waals surface area (Å²) in [5.41, 5.74) is 0.574. The van der Waals surface area contributed by atoms with Crippen molar-refractivity contribution in [2.45, 2.75) is 0 Å². The molecule has 3 nitrogen and oxygen atoms in total. The molecular weight excluding hydrogens is 282 g/mol. The highest BCUT2D eigenvalue weighted by atomic mass is 79.9. The van der Waals surface area contributed by atoms with Crippen LogP contribution in [0.2, 0.25) is 0 Å². The zero-order valence-corrected chi connectivity index (χ0v) is 11.0. The predicted molar refractivity (Wildman–Crippen MR) is 72.4 cm³/mol. The molecule has 1 aromatic rings. The molecule has 0 aliphatic heterocycles. The first-order chi connectivity index (χ1) is 8.19. The van der Waals surface area contributed by atoms with Gasteiger partial charge in [-0.2, -0.15) is 0 Å². The molecule has 1 amide bonds. The molecule has 90 valence electrons. The van der Waals surface area contributed by atoms with Gasteiger partial charge >= 0.3 is 0 Å². The van der Waals surface area contributed by atoms with Gasteiger partial charge in [-0.1, -0.05) is 18.7 Å². The van der Waals surface area contributed by atoms with E-state index in [1.807, 2.05) is 0 Å². The Morgan fingerprint density at radius 3 is 2.76 bits per heavy atom. The molecule has 1 rings (SSSR count). The number of rotatable bonds is 6. The summed E-state index contributed by atoms with van der Waals surface area (Å²) in [6.07, 6.45) is 3.30. The number of amides is 1. The normalized spacial score (nSPS) is 9.47. The minimum atomic E-state index is -0.138. The average molecular weight is 296 g/mol. The molecule has 0 aliphatic rings. The smallest absolute Gasteiger partial charge is 0.251 e. The Bertz CT molecular complexity index is 429. The maximum atomic E-state index is 11.6. The largest absolute Gasteiger partial charge is 0.488 e. The van der Waals surface area contributed by atoms with E-state index >= 15 is 0 Å². The molecule has 0 atom stereocenters. The van der Waals surface area contributed by atoms with E-state index in [2.05, 4.69) is 34.4 Å². The van der Waals surface area contributed by atoms with E-state index in [9.17, 15) is 4.79 Å². The summed E-state index contributed by atoms with van der Waals surface area (Å²) in [5.74, 6) is 0.547. The van der Waals surface area contributed by atoms with Gasteiger partial charge in [0, 0.05) is 12.1 Å². The van der Waals surface area contributed by atoms with Gasteiger partial charge in [-0.15, -0.1) is 6.58 Å². The second-order valence-corrected chi connectivity index (χ2v) is 4.10. The van der Waals surface area contributed by atoms with Crippen LogP contribution < -0.4 is 10.1 Å². The van der Waals surface area contributed by atoms with Crippen molar-refractivity contribution in [3.8, 4) is 5.75 Å². The summed E-state index contributed by atoms with van der Waals surface area (Å²) in [6.45, 7) is 7.99. The van der Waals surface area contributed by atoms with Crippen LogP contribution in [0.25, 0.3) is 0 Å². The Morgan fingerprint density at radius 2 is 2.18 bits per heavy atom. The minimum absolute atomic E-state index is 0.138. The summed E-state index contributed by atoms with van der Waals surface area (Å²) >= 11 is 3.35. The third-order valence-corrected chi connectivity index (χ3v) is 2.58. The van der Waals surface area contributed by atoms with Crippen molar-refractivity contribution in [1.29, 1.82) is 0 Å². The van der Waals surface area contributed by atoms with Crippen molar-refractivity contribution in [2.75, 3.05) is 13.2 Å². The number of hydrogen-bond acceptors (Lipinski definition) is 2. The number of hydrogen-bond donors (Lipinski definition) is 1. The maximum Gasteiger partial charge on any atom is 0.251 e. The van der Waals surface area contributed by atoms with E-state index in [4.69, 9.17) is 4.74 Å². The van der Waals surface area contributed by atoms with Crippen LogP contribution in [-0.2, 0) is 0 Å². The first-order valence-corrected chi connectivity index (χ1v) is 5.90. The molecular formula is C13H14BrNO2. The summed E-state index contributed by atoms with van der Waals surface area (Å²) in [6, 6.07) is 5.18. The van der Waals surface area contributed by atoms with Gasteiger partial charge in [0.15, 0.2) is 0 Å². The molecule has 0 fully saturated rings. The lowest BCUT2D eigenvalue weighted by atomic mass is 10.2. The molecule has 17 heavy (non-hydrogen) atoms. The van der Waals surface area contributed by atoms with Crippen molar-refractivity contribution >= 4 is 21.8 Å². The van der Waals surface area contributed by atoms with Crippen molar-refractivity contribution in [3.05, 3.63) is 53.5 Å². The number of nitrogens with one attached hydrogen (secondary N) is 1. The number of halogens is 1. The molecule has 0 bridgehead atoms. The second kappa shape index (κ2) is 6.91. The van der Waals surface area contributed by atoms with Crippen LogP contribution in [0.4, 0.5) is 0 Å². The molecule has 0 aliphatic carbocycles. The lowest BCUT2D eigenvalue weighted by Gasteiger charge is -2.08. The molecule has 0 aromatic heterocycles. The summed E-state index contributed by atoms with van der Waals surface area (Å²) in [5, 5.41) is 2.70. The molecule has 0 spiro atoms. The standard InChI is InChI=1S/C13H14BrNO2/c1-3-7-15-13(16)10-5-6-12(11(14)9-10)17-8-4-2/h3-6,9H,1-2,7-8H2,(H,15,16). The van der Waals surface area contributed by atoms with Crippen LogP contribution in [0.3, 0.4) is 0 Å². The van der Waals surface area contributed by atoms with Gasteiger partial charge in [-0.25, -0.2) is 0 Å². The van der Waals surface area contributed by atoms with Crippen molar-refractivity contribution in [1.82, 2.24) is 5.32 Å². The van der Waals surface area contributed by atoms with E-state index in [0.29, 0.717) is 24.5 Å². The van der Waals surface area contributed by atoms with Gasteiger partial charge < -0.3 is 10.1 Å². The molecule has 0 unspecified atom stereocenters. The first-order valence-electron chi connectivity index (χ1n) is 5.11. The quantitative estimate of drug-likeness (QED) is 0.820. The van der Waals surface area contributed by atoms with E-state index in [1.165, 1.54) is 0 Å². The Morgan fingerprint density at radius 1 is 1.41 bits per heavy atom. The first kappa shape index (κ1) is 13.5. The molecule has 0 saturated heterocycles. The highest BCUT2D eigenvalue weighted by molar-refractivity contribution is 9.10. The number of benzene rings is 1. The fourth-order valence-corrected chi connectivity index (χ4v) is 1.67. The fraction of sp³-hybridized carbons (Fsp3) is 0.154. The zero-order valence-electron chi connectivity index (χ0n) is 9.41. The lowest BCUT2D eigenvalue weighted by molar-refractivity contribution is 0.0958. The number of carbonyl (C=O) groups is 1. The highest BCUT2D eigenvalue weighted by Gasteiger charge is 2.07. The van der Waals surface area contributed by atoms with Crippen LogP contribution in [0.5, 0.6) is 5.75 Å². The Kier molecular flexibility index (Phi) is 5.49. The van der Waals surface area contributed by atoms with Gasteiger partial charge in [0.1, 0.15) is 12.4 Å². The van der Waals surface area contributed by atoms with Crippen molar-refractivity contribution in [3.63, 3.8) is 0 Å². The second-order valence-electron chi connectivity index (χ2n) is 3.24. The lowest BCUT2D eigenvalue weighted by Crippen LogP contribution is -2.23. The molecule has 0 radical (unpaired) electrons. The van der Waals surface area contributed by atoms with Crippen LogP contribution >= 0.6 is 15.9 Å². The van der Waals surface area contributed by atoms with E-state index in [0.717, 1.165) is 4.47 Å². The van der Waals surface area contributed by atoms with E-state index in [1.54, 1.807) is 30.4 Å². The van der Waals surface area contributed by atoms with Crippen LogP contribution in [0.15, 0.2) is 48.0 Å². The SMILES string of the molecule is C=CCNC(=O)c1ccc(OCC=C)c(Br)c1. The van der Waals surface area contributed by atoms with Crippen molar-refractivity contribution in [2.24, 2.45) is 0 Å². The Balaban J connectivity index is 2.76. The van der Waals surface area contributed by atoms with Gasteiger partial charge in [-0.05, 0) is 34.1 Å². The fourth-order valence-electron chi connectivity index (χ4n) is 1.17. The monoisotopic (exact) mass is 295 g/mol. The third kappa shape index (κ3) is 4.07. The van der Waals surface area contributed by atoms with Gasteiger partial charge in [0.25, 0.3) is 5.91 Å². The number of carbonyl (C=O) groups excluding carboxylic acids is 1. The van der Waals surface area contributed by atoms with E-state index < -0.39 is 0 Å². The average Bonchev–Trinajstić information content (AvgIpc) is 2.34. The maximum absolute atomic E-state index is 11.6. The van der Waals surface area contributed by atoms with Crippen molar-refractivity contribution < 1.29 is 9.53 Å². The summed E-state index contributed by atoms with van der Waals surface area (Å²) in [7, 11) is 0. The molecule has 4 heteroatoms. The molecule has 0 heterocycles. The predicted octanol–water partition coefficient (Wildman–Crippen LogP) is 2.93. The number of ether oxygens (including phenoxy) is 1. The molecule has 1 N–H and O–H groups in total.